The topological polar surface area (TPSA) is 121 Å². The molecule has 9 heteroatoms. The quantitative estimate of drug-likeness (QED) is 0.352. The number of rotatable bonds is 10. The van der Waals surface area contributed by atoms with Gasteiger partial charge in [-0.2, -0.15) is 16.8 Å². The Kier molecular flexibility index (Phi) is 7.82. The average molecular weight is 466 g/mol. The molecule has 0 heterocycles. The fourth-order valence-corrected chi connectivity index (χ4v) is 4.41. The fourth-order valence-electron chi connectivity index (χ4n) is 3.39. The maximum Gasteiger partial charge on any atom is 0.294 e. The van der Waals surface area contributed by atoms with Gasteiger partial charge in [0.15, 0.2) is 0 Å². The molecule has 0 fully saturated rings. The highest BCUT2D eigenvalue weighted by Crippen LogP contribution is 2.39. The number of allylic oxidation sites excluding steroid dienone is 2. The van der Waals surface area contributed by atoms with Crippen LogP contribution in [0.2, 0.25) is 0 Å². The summed E-state index contributed by atoms with van der Waals surface area (Å²) in [7, 11) is -8.57. The molecule has 7 nitrogen and oxygen atoms in total. The number of hydrogen-bond donors (Lipinski definition) is 3. The van der Waals surface area contributed by atoms with Crippen LogP contribution in [-0.2, 0) is 25.7 Å². The normalized spacial score (nSPS) is 14.3. The molecule has 1 atom stereocenters. The molecule has 1 unspecified atom stereocenters. The molecule has 2 rings (SSSR count). The van der Waals surface area contributed by atoms with E-state index >= 15 is 0 Å². The van der Waals surface area contributed by atoms with Crippen molar-refractivity contribution in [3.05, 3.63) is 84.1 Å². The Hall–Kier alpha value is -2.46. The summed E-state index contributed by atoms with van der Waals surface area (Å²) in [5.74, 6) is -0.432. The van der Waals surface area contributed by atoms with Crippen LogP contribution in [0.1, 0.15) is 30.9 Å². The summed E-state index contributed by atoms with van der Waals surface area (Å²) in [4.78, 5) is -0.256. The highest BCUT2D eigenvalue weighted by molar-refractivity contribution is 7.86. The Labute approximate surface area is 184 Å². The molecule has 0 radical (unpaired) electrons. The number of anilines is 1. The van der Waals surface area contributed by atoms with E-state index in [0.717, 1.165) is 11.3 Å². The predicted octanol–water partition coefficient (Wildman–Crippen LogP) is 4.35. The second kappa shape index (κ2) is 9.78. The van der Waals surface area contributed by atoms with E-state index in [4.69, 9.17) is 4.55 Å². The van der Waals surface area contributed by atoms with Crippen molar-refractivity contribution in [2.75, 3.05) is 11.1 Å². The van der Waals surface area contributed by atoms with E-state index in [-0.39, 0.29) is 17.7 Å². The van der Waals surface area contributed by atoms with Crippen LogP contribution in [0.25, 0.3) is 0 Å². The van der Waals surface area contributed by atoms with Crippen molar-refractivity contribution in [3.8, 4) is 0 Å². The minimum Gasteiger partial charge on any atom is -0.362 e. The fraction of sp³-hybridized carbons (Fsp3) is 0.273. The monoisotopic (exact) mass is 465 g/mol. The highest BCUT2D eigenvalue weighted by Gasteiger charge is 2.31. The van der Waals surface area contributed by atoms with Crippen molar-refractivity contribution >= 4 is 25.9 Å². The standard InChI is InChI=1S/C22H27NO6S2/c1-17-10-11-20(31(27,28)29)16-21(17)22(3,13-7-15-30(24,25)26)18(2)12-14-23-19-8-5-4-6-9-19/h4-6,8-12,14,16,23H,2,7,13,15H2,1,3H3,(H,24,25,26)(H,27,28,29)/b14-12+. The van der Waals surface area contributed by atoms with Crippen LogP contribution >= 0.6 is 0 Å². The van der Waals surface area contributed by atoms with E-state index in [2.05, 4.69) is 11.9 Å². The molecule has 0 saturated heterocycles. The molecule has 3 N–H and O–H groups in total. The zero-order valence-corrected chi connectivity index (χ0v) is 19.1. The molecule has 0 aliphatic carbocycles. The van der Waals surface area contributed by atoms with Gasteiger partial charge in [0.2, 0.25) is 0 Å². The molecule has 0 aliphatic rings. The van der Waals surface area contributed by atoms with Crippen LogP contribution in [0.15, 0.2) is 77.9 Å². The van der Waals surface area contributed by atoms with E-state index in [9.17, 15) is 21.4 Å². The zero-order chi connectivity index (χ0) is 23.3. The van der Waals surface area contributed by atoms with Crippen LogP contribution in [-0.4, -0.2) is 31.7 Å². The third kappa shape index (κ3) is 7.03. The Morgan fingerprint density at radius 2 is 1.74 bits per heavy atom. The van der Waals surface area contributed by atoms with Gasteiger partial charge in [-0.1, -0.05) is 37.8 Å². The van der Waals surface area contributed by atoms with Crippen LogP contribution in [0.5, 0.6) is 0 Å². The third-order valence-corrected chi connectivity index (χ3v) is 6.85. The lowest BCUT2D eigenvalue weighted by molar-refractivity contribution is 0.466. The van der Waals surface area contributed by atoms with Crippen molar-refractivity contribution in [2.24, 2.45) is 0 Å². The van der Waals surface area contributed by atoms with Gasteiger partial charge < -0.3 is 5.32 Å². The molecular weight excluding hydrogens is 438 g/mol. The summed E-state index contributed by atoms with van der Waals surface area (Å²) in [5.41, 5.74) is 1.95. The molecular formula is C22H27NO6S2. The van der Waals surface area contributed by atoms with Crippen LogP contribution in [0.3, 0.4) is 0 Å². The molecule has 0 aromatic heterocycles. The molecule has 2 aromatic carbocycles. The second-order valence-corrected chi connectivity index (χ2v) is 10.5. The largest absolute Gasteiger partial charge is 0.362 e. The van der Waals surface area contributed by atoms with Crippen LogP contribution < -0.4 is 5.32 Å². The first kappa shape index (κ1) is 24.8. The van der Waals surface area contributed by atoms with E-state index in [1.807, 2.05) is 37.3 Å². The Bertz CT molecular complexity index is 1170. The summed E-state index contributed by atoms with van der Waals surface area (Å²) < 4.78 is 64.3. The maximum absolute atomic E-state index is 11.7. The van der Waals surface area contributed by atoms with Gasteiger partial charge in [0.25, 0.3) is 20.2 Å². The first-order valence-electron chi connectivity index (χ1n) is 9.54. The molecule has 2 aromatic rings. The van der Waals surface area contributed by atoms with Gasteiger partial charge in [0, 0.05) is 17.3 Å². The van der Waals surface area contributed by atoms with Gasteiger partial charge in [-0.05, 0) is 66.8 Å². The predicted molar refractivity (Wildman–Crippen MR) is 122 cm³/mol. The van der Waals surface area contributed by atoms with Gasteiger partial charge in [0.1, 0.15) is 0 Å². The Morgan fingerprint density at radius 3 is 2.32 bits per heavy atom. The Morgan fingerprint density at radius 1 is 1.10 bits per heavy atom. The van der Waals surface area contributed by atoms with Crippen molar-refractivity contribution < 1.29 is 25.9 Å². The second-order valence-electron chi connectivity index (χ2n) is 7.54. The highest BCUT2D eigenvalue weighted by atomic mass is 32.2. The van der Waals surface area contributed by atoms with Crippen LogP contribution in [0, 0.1) is 6.92 Å². The maximum atomic E-state index is 11.7. The number of nitrogens with one attached hydrogen (secondary N) is 1. The molecule has 0 spiro atoms. The number of hydrogen-bond acceptors (Lipinski definition) is 5. The molecule has 0 bridgehead atoms. The van der Waals surface area contributed by atoms with Crippen molar-refractivity contribution in [3.63, 3.8) is 0 Å². The lowest BCUT2D eigenvalue weighted by atomic mass is 9.71. The van der Waals surface area contributed by atoms with E-state index in [1.165, 1.54) is 12.1 Å². The first-order valence-corrected chi connectivity index (χ1v) is 12.6. The molecule has 0 saturated carbocycles. The van der Waals surface area contributed by atoms with E-state index in [1.54, 1.807) is 25.3 Å². The minimum absolute atomic E-state index is 0.129. The van der Waals surface area contributed by atoms with Crippen LogP contribution in [0.4, 0.5) is 5.69 Å². The molecule has 0 aliphatic heterocycles. The van der Waals surface area contributed by atoms with Crippen molar-refractivity contribution in [1.29, 1.82) is 0 Å². The van der Waals surface area contributed by atoms with E-state index < -0.39 is 31.4 Å². The number of benzene rings is 2. The van der Waals surface area contributed by atoms with Crippen molar-refractivity contribution in [2.45, 2.75) is 37.0 Å². The summed E-state index contributed by atoms with van der Waals surface area (Å²) in [6, 6.07) is 13.7. The first-order chi connectivity index (χ1) is 14.3. The molecule has 0 amide bonds. The average Bonchev–Trinajstić information content (AvgIpc) is 2.67. The van der Waals surface area contributed by atoms with Gasteiger partial charge in [-0.15, -0.1) is 0 Å². The SMILES string of the molecule is C=C(/C=C/Nc1ccccc1)C(C)(CCCS(=O)(=O)O)c1cc(S(=O)(=O)O)ccc1C. The minimum atomic E-state index is -4.42. The van der Waals surface area contributed by atoms with Gasteiger partial charge >= 0.3 is 0 Å². The smallest absolute Gasteiger partial charge is 0.294 e. The molecule has 31 heavy (non-hydrogen) atoms. The zero-order valence-electron chi connectivity index (χ0n) is 17.4. The summed E-state index contributed by atoms with van der Waals surface area (Å²) in [6.07, 6.45) is 3.83. The lowest BCUT2D eigenvalue weighted by Crippen LogP contribution is -2.26. The summed E-state index contributed by atoms with van der Waals surface area (Å²) >= 11 is 0. The van der Waals surface area contributed by atoms with Gasteiger partial charge in [-0.3, -0.25) is 9.11 Å². The number of para-hydroxylation sites is 1. The van der Waals surface area contributed by atoms with E-state index in [0.29, 0.717) is 11.1 Å². The Balaban J connectivity index is 2.42. The third-order valence-electron chi connectivity index (χ3n) is 5.20. The van der Waals surface area contributed by atoms with Crippen molar-refractivity contribution in [1.82, 2.24) is 0 Å². The lowest BCUT2D eigenvalue weighted by Gasteiger charge is -2.33. The van der Waals surface area contributed by atoms with Gasteiger partial charge in [0.05, 0.1) is 10.6 Å². The molecule has 168 valence electrons. The number of aryl methyl sites for hydroxylation is 1. The summed E-state index contributed by atoms with van der Waals surface area (Å²) in [5, 5.41) is 3.12. The van der Waals surface area contributed by atoms with Gasteiger partial charge in [-0.25, -0.2) is 0 Å². The summed E-state index contributed by atoms with van der Waals surface area (Å²) in [6.45, 7) is 7.75.